The quantitative estimate of drug-likeness (QED) is 0.437. The van der Waals surface area contributed by atoms with Gasteiger partial charge in [-0.25, -0.2) is 9.31 Å². The molecule has 2 aliphatic carbocycles. The summed E-state index contributed by atoms with van der Waals surface area (Å²) in [5, 5.41) is 13.7. The lowest BCUT2D eigenvalue weighted by atomic mass is 10.1. The average molecular weight is 433 g/mol. The molecular weight excluding hydrogens is 404 g/mol. The van der Waals surface area contributed by atoms with E-state index in [-0.39, 0.29) is 12.1 Å². The van der Waals surface area contributed by atoms with Crippen molar-refractivity contribution in [2.45, 2.75) is 51.2 Å². The standard InChI is InChI=1S/C24H28N6O2/c1-14(16-6-7-16)28-22-20(23(25)31)12-27-30-13-18(10-21(22)30)17-4-2-15(3-5-17)11-26-24(32)29-19-8-9-19/h2-5,10,12-14,16,19,28H,6-9,11H2,1H3,(H2,25,31)(H2,26,29,32). The number of benzene rings is 1. The van der Waals surface area contributed by atoms with E-state index < -0.39 is 5.91 Å². The third kappa shape index (κ3) is 4.39. The Balaban J connectivity index is 1.36. The Morgan fingerprint density at radius 3 is 2.56 bits per heavy atom. The zero-order valence-electron chi connectivity index (χ0n) is 18.1. The summed E-state index contributed by atoms with van der Waals surface area (Å²) < 4.78 is 1.78. The Labute approximate surface area is 186 Å². The van der Waals surface area contributed by atoms with Gasteiger partial charge in [-0.1, -0.05) is 24.3 Å². The number of hydrogen-bond donors (Lipinski definition) is 4. The van der Waals surface area contributed by atoms with Crippen LogP contribution in [0.25, 0.3) is 16.6 Å². The highest BCUT2D eigenvalue weighted by Crippen LogP contribution is 2.36. The van der Waals surface area contributed by atoms with Crippen molar-refractivity contribution in [3.8, 4) is 11.1 Å². The van der Waals surface area contributed by atoms with Crippen molar-refractivity contribution in [1.82, 2.24) is 20.2 Å². The maximum absolute atomic E-state index is 12.0. The van der Waals surface area contributed by atoms with Crippen LogP contribution in [0.4, 0.5) is 10.5 Å². The van der Waals surface area contributed by atoms with Crippen molar-refractivity contribution in [3.63, 3.8) is 0 Å². The summed E-state index contributed by atoms with van der Waals surface area (Å²) in [5.74, 6) is 0.140. The molecule has 0 spiro atoms. The molecule has 2 fully saturated rings. The molecule has 2 saturated carbocycles. The largest absolute Gasteiger partial charge is 0.380 e. The molecule has 32 heavy (non-hydrogen) atoms. The van der Waals surface area contributed by atoms with E-state index in [1.54, 1.807) is 4.52 Å². The first-order chi connectivity index (χ1) is 15.5. The summed E-state index contributed by atoms with van der Waals surface area (Å²) in [5.41, 5.74) is 10.6. The minimum atomic E-state index is -0.490. The monoisotopic (exact) mass is 432 g/mol. The number of carbonyl (C=O) groups excluding carboxylic acids is 2. The number of nitrogens with two attached hydrogens (primary N) is 1. The first kappa shape index (κ1) is 20.4. The summed E-state index contributed by atoms with van der Waals surface area (Å²) in [6.07, 6.45) is 8.03. The third-order valence-corrected chi connectivity index (χ3v) is 6.26. The highest BCUT2D eigenvalue weighted by Gasteiger charge is 2.29. The van der Waals surface area contributed by atoms with Gasteiger partial charge in [0.25, 0.3) is 5.91 Å². The maximum atomic E-state index is 12.0. The van der Waals surface area contributed by atoms with Crippen molar-refractivity contribution in [1.29, 1.82) is 0 Å². The molecule has 3 aromatic rings. The number of nitrogens with one attached hydrogen (secondary N) is 3. The van der Waals surface area contributed by atoms with Crippen molar-refractivity contribution < 1.29 is 9.59 Å². The van der Waals surface area contributed by atoms with Crippen molar-refractivity contribution >= 4 is 23.1 Å². The normalized spacial score (nSPS) is 16.5. The van der Waals surface area contributed by atoms with Crippen LogP contribution in [0.1, 0.15) is 48.5 Å². The van der Waals surface area contributed by atoms with Gasteiger partial charge in [-0.05, 0) is 55.7 Å². The lowest BCUT2D eigenvalue weighted by Gasteiger charge is -2.17. The molecule has 0 radical (unpaired) electrons. The first-order valence-electron chi connectivity index (χ1n) is 11.2. The second-order valence-corrected chi connectivity index (χ2v) is 8.92. The molecule has 8 heteroatoms. The first-order valence-corrected chi connectivity index (χ1v) is 11.2. The van der Waals surface area contributed by atoms with Crippen molar-refractivity contribution in [2.24, 2.45) is 11.7 Å². The zero-order valence-corrected chi connectivity index (χ0v) is 18.1. The highest BCUT2D eigenvalue weighted by atomic mass is 16.2. The Morgan fingerprint density at radius 1 is 1.16 bits per heavy atom. The van der Waals surface area contributed by atoms with E-state index in [4.69, 9.17) is 5.73 Å². The minimum Gasteiger partial charge on any atom is -0.380 e. The number of primary amides is 1. The molecule has 0 saturated heterocycles. The molecule has 2 aliphatic rings. The number of amides is 3. The van der Waals surface area contributed by atoms with Crippen LogP contribution in [0.5, 0.6) is 0 Å². The van der Waals surface area contributed by atoms with Gasteiger partial charge >= 0.3 is 6.03 Å². The number of anilines is 1. The smallest absolute Gasteiger partial charge is 0.315 e. The van der Waals surface area contributed by atoms with Crippen LogP contribution in [-0.2, 0) is 6.54 Å². The molecule has 8 nitrogen and oxygen atoms in total. The van der Waals surface area contributed by atoms with Crippen LogP contribution >= 0.6 is 0 Å². The van der Waals surface area contributed by atoms with E-state index in [9.17, 15) is 9.59 Å². The Bertz CT molecular complexity index is 1160. The van der Waals surface area contributed by atoms with Crippen LogP contribution in [0.3, 0.4) is 0 Å². The van der Waals surface area contributed by atoms with E-state index in [2.05, 4.69) is 28.0 Å². The summed E-state index contributed by atoms with van der Waals surface area (Å²) in [7, 11) is 0. The number of aromatic nitrogens is 2. The van der Waals surface area contributed by atoms with Crippen LogP contribution in [0.2, 0.25) is 0 Å². The number of nitrogens with zero attached hydrogens (tertiary/aromatic N) is 2. The molecule has 2 heterocycles. The molecule has 0 bridgehead atoms. The molecule has 3 amide bonds. The van der Waals surface area contributed by atoms with Gasteiger partial charge in [0.2, 0.25) is 0 Å². The third-order valence-electron chi connectivity index (χ3n) is 6.26. The molecule has 166 valence electrons. The second kappa shape index (κ2) is 8.18. The summed E-state index contributed by atoms with van der Waals surface area (Å²) in [6.45, 7) is 2.62. The van der Waals surface area contributed by atoms with Gasteiger partial charge in [0, 0.05) is 30.4 Å². The number of hydrogen-bond acceptors (Lipinski definition) is 4. The number of carbonyl (C=O) groups is 2. The van der Waals surface area contributed by atoms with E-state index >= 15 is 0 Å². The topological polar surface area (TPSA) is 114 Å². The van der Waals surface area contributed by atoms with Gasteiger partial charge in [-0.15, -0.1) is 0 Å². The Morgan fingerprint density at radius 2 is 1.91 bits per heavy atom. The van der Waals surface area contributed by atoms with Gasteiger partial charge in [-0.2, -0.15) is 5.10 Å². The van der Waals surface area contributed by atoms with E-state index in [1.165, 1.54) is 19.0 Å². The van der Waals surface area contributed by atoms with Gasteiger partial charge in [0.15, 0.2) is 0 Å². The predicted octanol–water partition coefficient (Wildman–Crippen LogP) is 3.27. The summed E-state index contributed by atoms with van der Waals surface area (Å²) >= 11 is 0. The van der Waals surface area contributed by atoms with E-state index in [1.807, 2.05) is 36.5 Å². The fraction of sp³-hybridized carbons (Fsp3) is 0.375. The van der Waals surface area contributed by atoms with Crippen LogP contribution in [-0.4, -0.2) is 33.6 Å². The molecule has 0 aliphatic heterocycles. The van der Waals surface area contributed by atoms with E-state index in [0.717, 1.165) is 40.7 Å². The van der Waals surface area contributed by atoms with Gasteiger partial charge < -0.3 is 21.7 Å². The Kier molecular flexibility index (Phi) is 5.20. The molecule has 5 N–H and O–H groups in total. The van der Waals surface area contributed by atoms with Gasteiger partial charge in [0.1, 0.15) is 0 Å². The van der Waals surface area contributed by atoms with Gasteiger partial charge in [-0.3, -0.25) is 4.79 Å². The summed E-state index contributed by atoms with van der Waals surface area (Å²) in [6, 6.07) is 10.6. The zero-order chi connectivity index (χ0) is 22.2. The van der Waals surface area contributed by atoms with Crippen LogP contribution in [0, 0.1) is 5.92 Å². The van der Waals surface area contributed by atoms with Crippen LogP contribution in [0.15, 0.2) is 42.7 Å². The van der Waals surface area contributed by atoms with Crippen molar-refractivity contribution in [3.05, 3.63) is 53.9 Å². The molecule has 1 aromatic carbocycles. The number of fused-ring (bicyclic) bond motifs is 1. The highest BCUT2D eigenvalue weighted by molar-refractivity contribution is 6.02. The predicted molar refractivity (Wildman–Crippen MR) is 123 cm³/mol. The fourth-order valence-corrected chi connectivity index (χ4v) is 3.96. The maximum Gasteiger partial charge on any atom is 0.315 e. The fourth-order valence-electron chi connectivity index (χ4n) is 3.96. The SMILES string of the molecule is CC(Nc1c(C(N)=O)cnn2cc(-c3ccc(CNC(=O)NC4CC4)cc3)cc12)C1CC1. The second-order valence-electron chi connectivity index (χ2n) is 8.92. The molecular formula is C24H28N6O2. The summed E-state index contributed by atoms with van der Waals surface area (Å²) in [4.78, 5) is 23.8. The van der Waals surface area contributed by atoms with Crippen molar-refractivity contribution in [2.75, 3.05) is 5.32 Å². The molecule has 1 atom stereocenters. The molecule has 2 aromatic heterocycles. The molecule has 1 unspecified atom stereocenters. The molecule has 5 rings (SSSR count). The Hall–Kier alpha value is -3.55. The van der Waals surface area contributed by atoms with Gasteiger partial charge in [0.05, 0.1) is 23.0 Å². The lowest BCUT2D eigenvalue weighted by molar-refractivity contribution is 0.100. The van der Waals surface area contributed by atoms with Crippen LogP contribution < -0.4 is 21.7 Å². The van der Waals surface area contributed by atoms with E-state index in [0.29, 0.717) is 24.1 Å². The number of urea groups is 1. The average Bonchev–Trinajstić information content (AvgIpc) is 3.71. The number of rotatable bonds is 8. The minimum absolute atomic E-state index is 0.118. The lowest BCUT2D eigenvalue weighted by Crippen LogP contribution is -2.36.